The summed E-state index contributed by atoms with van der Waals surface area (Å²) >= 11 is 11.8. The first-order valence-corrected chi connectivity index (χ1v) is 5.74. The maximum absolute atomic E-state index is 5.88. The Kier molecular flexibility index (Phi) is 2.50. The van der Waals surface area contributed by atoms with Crippen molar-refractivity contribution in [1.29, 1.82) is 0 Å². The largest absolute Gasteiger partial charge is 0.345 e. The highest BCUT2D eigenvalue weighted by atomic mass is 35.5. The van der Waals surface area contributed by atoms with Gasteiger partial charge in [-0.1, -0.05) is 29.3 Å². The van der Waals surface area contributed by atoms with Crippen LogP contribution in [0.3, 0.4) is 0 Å². The van der Waals surface area contributed by atoms with Crippen molar-refractivity contribution in [2.75, 3.05) is 0 Å². The summed E-state index contributed by atoms with van der Waals surface area (Å²) in [4.78, 5) is 11.2. The molecule has 0 unspecified atom stereocenters. The minimum atomic E-state index is 0.386. The zero-order valence-electron chi connectivity index (χ0n) is 8.61. The molecule has 0 aliphatic carbocycles. The third-order valence-corrected chi connectivity index (χ3v) is 2.90. The average Bonchev–Trinajstić information content (AvgIpc) is 2.74. The van der Waals surface area contributed by atoms with Crippen molar-refractivity contribution in [3.05, 3.63) is 47.0 Å². The molecule has 0 saturated carbocycles. The molecular formula is C12H7Cl2N3. The van der Waals surface area contributed by atoms with Crippen molar-refractivity contribution in [1.82, 2.24) is 15.0 Å². The van der Waals surface area contributed by atoms with Crippen molar-refractivity contribution in [2.24, 2.45) is 0 Å². The summed E-state index contributed by atoms with van der Waals surface area (Å²) < 4.78 is 0. The molecule has 1 aromatic carbocycles. The number of pyridine rings is 1. The van der Waals surface area contributed by atoms with E-state index in [4.69, 9.17) is 23.2 Å². The Morgan fingerprint density at radius 2 is 1.71 bits per heavy atom. The van der Waals surface area contributed by atoms with Crippen LogP contribution >= 0.6 is 23.2 Å². The third kappa shape index (κ3) is 1.99. The van der Waals surface area contributed by atoms with E-state index in [0.29, 0.717) is 10.3 Å². The van der Waals surface area contributed by atoms with Gasteiger partial charge in [0, 0.05) is 0 Å². The second-order valence-electron chi connectivity index (χ2n) is 3.64. The van der Waals surface area contributed by atoms with Crippen LogP contribution in [0.5, 0.6) is 0 Å². The van der Waals surface area contributed by atoms with Gasteiger partial charge < -0.3 is 4.98 Å². The molecule has 0 aliphatic heterocycles. The second kappa shape index (κ2) is 4.02. The number of imidazole rings is 1. The highest BCUT2D eigenvalue weighted by molar-refractivity contribution is 6.32. The molecule has 3 nitrogen and oxygen atoms in total. The number of aromatic nitrogens is 3. The summed E-state index contributed by atoms with van der Waals surface area (Å²) in [6.45, 7) is 0. The van der Waals surface area contributed by atoms with Crippen LogP contribution in [0.1, 0.15) is 0 Å². The van der Waals surface area contributed by atoms with E-state index in [1.54, 1.807) is 18.5 Å². The van der Waals surface area contributed by atoms with E-state index in [9.17, 15) is 0 Å². The fourth-order valence-corrected chi connectivity index (χ4v) is 2.21. The van der Waals surface area contributed by atoms with Crippen LogP contribution in [-0.2, 0) is 0 Å². The van der Waals surface area contributed by atoms with Crippen molar-refractivity contribution in [3.63, 3.8) is 0 Å². The lowest BCUT2D eigenvalue weighted by molar-refractivity contribution is 1.33. The number of hydrogen-bond acceptors (Lipinski definition) is 2. The van der Waals surface area contributed by atoms with Crippen molar-refractivity contribution >= 4 is 34.2 Å². The maximum Gasteiger partial charge on any atom is 0.131 e. The Labute approximate surface area is 107 Å². The number of fused-ring (bicyclic) bond motifs is 1. The number of benzene rings is 1. The van der Waals surface area contributed by atoms with E-state index < -0.39 is 0 Å². The molecule has 0 bridgehead atoms. The van der Waals surface area contributed by atoms with E-state index in [1.807, 2.05) is 18.2 Å². The highest BCUT2D eigenvalue weighted by Crippen LogP contribution is 2.26. The number of rotatable bonds is 1. The van der Waals surface area contributed by atoms with Gasteiger partial charge in [0.2, 0.25) is 0 Å². The Morgan fingerprint density at radius 3 is 2.47 bits per heavy atom. The first-order valence-electron chi connectivity index (χ1n) is 4.99. The summed E-state index contributed by atoms with van der Waals surface area (Å²) in [7, 11) is 0. The number of nitrogens with zero attached hydrogens (tertiary/aromatic N) is 2. The van der Waals surface area contributed by atoms with Gasteiger partial charge in [0.1, 0.15) is 10.3 Å². The number of aromatic amines is 1. The van der Waals surface area contributed by atoms with Crippen LogP contribution in [0.15, 0.2) is 36.7 Å². The summed E-state index contributed by atoms with van der Waals surface area (Å²) in [5.74, 6) is 0. The van der Waals surface area contributed by atoms with Crippen LogP contribution in [0.2, 0.25) is 10.3 Å². The molecule has 0 spiro atoms. The van der Waals surface area contributed by atoms with Crippen molar-refractivity contribution in [3.8, 4) is 11.1 Å². The predicted molar refractivity (Wildman–Crippen MR) is 69.3 cm³/mol. The summed E-state index contributed by atoms with van der Waals surface area (Å²) in [5, 5.41) is 0.773. The van der Waals surface area contributed by atoms with E-state index in [2.05, 4.69) is 15.0 Å². The molecule has 0 fully saturated rings. The first kappa shape index (κ1) is 10.6. The molecular weight excluding hydrogens is 257 g/mol. The summed E-state index contributed by atoms with van der Waals surface area (Å²) in [6, 6.07) is 9.49. The van der Waals surface area contributed by atoms with Gasteiger partial charge in [-0.3, -0.25) is 0 Å². The SMILES string of the molecule is Clc1cc(-c2ccc3nc[nH]c3c2)cc(Cl)n1. The molecule has 3 aromatic rings. The average molecular weight is 264 g/mol. The lowest BCUT2D eigenvalue weighted by Gasteiger charge is -2.03. The molecule has 84 valence electrons. The minimum absolute atomic E-state index is 0.386. The highest BCUT2D eigenvalue weighted by Gasteiger charge is 2.04. The van der Waals surface area contributed by atoms with Gasteiger partial charge in [-0.15, -0.1) is 0 Å². The Balaban J connectivity index is 2.19. The third-order valence-electron chi connectivity index (χ3n) is 2.52. The molecule has 2 heterocycles. The predicted octanol–water partition coefficient (Wildman–Crippen LogP) is 3.93. The lowest BCUT2D eigenvalue weighted by atomic mass is 10.1. The number of H-pyrrole nitrogens is 1. The maximum atomic E-state index is 5.88. The van der Waals surface area contributed by atoms with Crippen molar-refractivity contribution in [2.45, 2.75) is 0 Å². The molecule has 2 aromatic heterocycles. The second-order valence-corrected chi connectivity index (χ2v) is 4.41. The molecule has 0 radical (unpaired) electrons. The van der Waals surface area contributed by atoms with E-state index in [-0.39, 0.29) is 0 Å². The van der Waals surface area contributed by atoms with Crippen LogP contribution < -0.4 is 0 Å². The van der Waals surface area contributed by atoms with Crippen LogP contribution in [0.4, 0.5) is 0 Å². The van der Waals surface area contributed by atoms with Gasteiger partial charge >= 0.3 is 0 Å². The molecule has 0 amide bonds. The number of halogens is 2. The quantitative estimate of drug-likeness (QED) is 0.676. The molecule has 1 N–H and O–H groups in total. The smallest absolute Gasteiger partial charge is 0.131 e. The monoisotopic (exact) mass is 263 g/mol. The lowest BCUT2D eigenvalue weighted by Crippen LogP contribution is -1.82. The van der Waals surface area contributed by atoms with Gasteiger partial charge in [-0.25, -0.2) is 9.97 Å². The Bertz CT molecular complexity index is 671. The molecule has 5 heteroatoms. The summed E-state index contributed by atoms with van der Waals surface area (Å²) in [6.07, 6.45) is 1.67. The number of nitrogens with one attached hydrogen (secondary N) is 1. The van der Waals surface area contributed by atoms with Gasteiger partial charge in [0.05, 0.1) is 17.4 Å². The van der Waals surface area contributed by atoms with Crippen LogP contribution in [0.25, 0.3) is 22.2 Å². The molecule has 0 atom stereocenters. The Morgan fingerprint density at radius 1 is 0.941 bits per heavy atom. The zero-order chi connectivity index (χ0) is 11.8. The van der Waals surface area contributed by atoms with Gasteiger partial charge in [0.15, 0.2) is 0 Å². The van der Waals surface area contributed by atoms with Crippen LogP contribution in [-0.4, -0.2) is 15.0 Å². The zero-order valence-corrected chi connectivity index (χ0v) is 10.1. The topological polar surface area (TPSA) is 41.6 Å². The standard InChI is InChI=1S/C12H7Cl2N3/c13-11-4-8(5-12(14)17-11)7-1-2-9-10(3-7)16-6-15-9/h1-6H,(H,15,16). The molecule has 3 rings (SSSR count). The van der Waals surface area contributed by atoms with E-state index in [0.717, 1.165) is 22.2 Å². The fraction of sp³-hybridized carbons (Fsp3) is 0. The first-order chi connectivity index (χ1) is 8.22. The molecule has 17 heavy (non-hydrogen) atoms. The molecule has 0 aliphatic rings. The number of hydrogen-bond donors (Lipinski definition) is 1. The van der Waals surface area contributed by atoms with Gasteiger partial charge in [0.25, 0.3) is 0 Å². The van der Waals surface area contributed by atoms with Crippen LogP contribution in [0, 0.1) is 0 Å². The summed E-state index contributed by atoms with van der Waals surface area (Å²) in [5.41, 5.74) is 3.87. The normalized spacial score (nSPS) is 10.9. The Hall–Kier alpha value is -1.58. The van der Waals surface area contributed by atoms with Crippen molar-refractivity contribution < 1.29 is 0 Å². The van der Waals surface area contributed by atoms with E-state index in [1.165, 1.54) is 0 Å². The van der Waals surface area contributed by atoms with Gasteiger partial charge in [-0.2, -0.15) is 0 Å². The van der Waals surface area contributed by atoms with E-state index >= 15 is 0 Å². The fourth-order valence-electron chi connectivity index (χ4n) is 1.75. The molecule has 0 saturated heterocycles. The minimum Gasteiger partial charge on any atom is -0.345 e. The van der Waals surface area contributed by atoms with Gasteiger partial charge in [-0.05, 0) is 35.4 Å².